The second-order valence-corrected chi connectivity index (χ2v) is 6.50. The van der Waals surface area contributed by atoms with Crippen LogP contribution in [-0.4, -0.2) is 31.1 Å². The average Bonchev–Trinajstić information content (AvgIpc) is 3.18. The van der Waals surface area contributed by atoms with Crippen molar-refractivity contribution in [3.63, 3.8) is 0 Å². The number of ether oxygens (including phenoxy) is 2. The van der Waals surface area contributed by atoms with E-state index >= 15 is 0 Å². The van der Waals surface area contributed by atoms with E-state index in [1.54, 1.807) is 18.2 Å². The Hall–Kier alpha value is -3.66. The average molecular weight is 416 g/mol. The van der Waals surface area contributed by atoms with Crippen LogP contribution in [-0.2, 0) is 0 Å². The maximum Gasteiger partial charge on any atom is 0.325 e. The Morgan fingerprint density at radius 2 is 1.76 bits per heavy atom. The second kappa shape index (κ2) is 9.02. The molecule has 0 aliphatic carbocycles. The molecule has 2 aromatic carbocycles. The van der Waals surface area contributed by atoms with E-state index in [1.807, 2.05) is 0 Å². The number of carbonyl (C=O) groups excluding carboxylic acids is 2. The van der Waals surface area contributed by atoms with E-state index in [9.17, 15) is 14.0 Å². The van der Waals surface area contributed by atoms with Crippen LogP contribution in [0.2, 0.25) is 0 Å². The van der Waals surface area contributed by atoms with Crippen molar-refractivity contribution >= 4 is 39.8 Å². The summed E-state index contributed by atoms with van der Waals surface area (Å²) in [5, 5.41) is 9.51. The van der Waals surface area contributed by atoms with Crippen molar-refractivity contribution in [2.75, 3.05) is 30.2 Å². The maximum atomic E-state index is 12.9. The lowest BCUT2D eigenvalue weighted by molar-refractivity contribution is 0.102. The molecule has 0 unspecified atom stereocenters. The van der Waals surface area contributed by atoms with E-state index in [0.717, 1.165) is 11.3 Å². The summed E-state index contributed by atoms with van der Waals surface area (Å²) in [4.78, 5) is 28.6. The molecule has 3 rings (SSSR count). The Balaban J connectivity index is 1.64. The van der Waals surface area contributed by atoms with Gasteiger partial charge >= 0.3 is 6.03 Å². The number of aromatic nitrogens is 1. The third kappa shape index (κ3) is 5.20. The third-order valence-electron chi connectivity index (χ3n) is 3.71. The molecule has 0 saturated heterocycles. The number of nitrogens with zero attached hydrogens (tertiary/aromatic N) is 1. The Morgan fingerprint density at radius 3 is 2.45 bits per heavy atom. The molecule has 0 aliphatic rings. The SMILES string of the molecule is COc1ccc(OC)c(NC(=O)c2csc(NC(=O)Nc3ccc(F)cc3)n2)c1. The van der Waals surface area contributed by atoms with Crippen LogP contribution < -0.4 is 25.4 Å². The van der Waals surface area contributed by atoms with E-state index in [2.05, 4.69) is 20.9 Å². The number of methoxy groups -OCH3 is 2. The van der Waals surface area contributed by atoms with E-state index < -0.39 is 17.8 Å². The smallest absolute Gasteiger partial charge is 0.325 e. The van der Waals surface area contributed by atoms with Gasteiger partial charge in [0.1, 0.15) is 23.0 Å². The summed E-state index contributed by atoms with van der Waals surface area (Å²) in [5.41, 5.74) is 0.967. The van der Waals surface area contributed by atoms with Crippen LogP contribution in [0.15, 0.2) is 47.8 Å². The highest BCUT2D eigenvalue weighted by atomic mass is 32.1. The molecule has 10 heteroatoms. The molecule has 0 spiro atoms. The van der Waals surface area contributed by atoms with Crippen molar-refractivity contribution in [1.29, 1.82) is 0 Å². The maximum absolute atomic E-state index is 12.9. The standard InChI is InChI=1S/C19H17FN4O4S/c1-27-13-7-8-16(28-2)14(9-13)22-17(25)15-10-29-19(23-15)24-18(26)21-12-5-3-11(20)4-6-12/h3-10H,1-2H3,(H,22,25)(H2,21,23,24,26). The van der Waals surface area contributed by atoms with Crippen LogP contribution in [0.4, 0.5) is 25.7 Å². The summed E-state index contributed by atoms with van der Waals surface area (Å²) < 4.78 is 23.3. The molecule has 8 nitrogen and oxygen atoms in total. The van der Waals surface area contributed by atoms with Gasteiger partial charge in [-0.1, -0.05) is 0 Å². The molecular formula is C19H17FN4O4S. The minimum atomic E-state index is -0.563. The van der Waals surface area contributed by atoms with Gasteiger partial charge < -0.3 is 20.1 Å². The monoisotopic (exact) mass is 416 g/mol. The number of halogens is 1. The van der Waals surface area contributed by atoms with E-state index in [1.165, 1.54) is 43.9 Å². The molecular weight excluding hydrogens is 399 g/mol. The number of benzene rings is 2. The quantitative estimate of drug-likeness (QED) is 0.559. The molecule has 0 fully saturated rings. The highest BCUT2D eigenvalue weighted by molar-refractivity contribution is 7.14. The van der Waals surface area contributed by atoms with Gasteiger partial charge in [-0.25, -0.2) is 14.2 Å². The van der Waals surface area contributed by atoms with Crippen LogP contribution in [0.25, 0.3) is 0 Å². The van der Waals surface area contributed by atoms with E-state index in [-0.39, 0.29) is 10.8 Å². The number of rotatable bonds is 6. The molecule has 0 aliphatic heterocycles. The molecule has 29 heavy (non-hydrogen) atoms. The fourth-order valence-corrected chi connectivity index (χ4v) is 3.01. The lowest BCUT2D eigenvalue weighted by atomic mass is 10.2. The van der Waals surface area contributed by atoms with Crippen molar-refractivity contribution < 1.29 is 23.5 Å². The van der Waals surface area contributed by atoms with Gasteiger partial charge in [0.2, 0.25) is 0 Å². The zero-order chi connectivity index (χ0) is 20.8. The van der Waals surface area contributed by atoms with Gasteiger partial charge in [-0.3, -0.25) is 10.1 Å². The van der Waals surface area contributed by atoms with Gasteiger partial charge in [0.15, 0.2) is 5.13 Å². The Labute approximate surface area is 169 Å². The highest BCUT2D eigenvalue weighted by Gasteiger charge is 2.15. The molecule has 0 bridgehead atoms. The number of urea groups is 1. The van der Waals surface area contributed by atoms with Crippen molar-refractivity contribution in [2.24, 2.45) is 0 Å². The summed E-state index contributed by atoms with van der Waals surface area (Å²) in [5.74, 6) is 0.143. The largest absolute Gasteiger partial charge is 0.497 e. The summed E-state index contributed by atoms with van der Waals surface area (Å²) in [6.45, 7) is 0. The summed E-state index contributed by atoms with van der Waals surface area (Å²) >= 11 is 1.09. The lowest BCUT2D eigenvalue weighted by Crippen LogP contribution is -2.19. The number of thiazole rings is 1. The van der Waals surface area contributed by atoms with Gasteiger partial charge in [0.05, 0.1) is 19.9 Å². The predicted octanol–water partition coefficient (Wildman–Crippen LogP) is 4.20. The molecule has 0 saturated carbocycles. The zero-order valence-corrected chi connectivity index (χ0v) is 16.3. The summed E-state index contributed by atoms with van der Waals surface area (Å²) in [6.07, 6.45) is 0. The van der Waals surface area contributed by atoms with E-state index in [4.69, 9.17) is 9.47 Å². The van der Waals surface area contributed by atoms with Gasteiger partial charge in [-0.2, -0.15) is 0 Å². The van der Waals surface area contributed by atoms with Crippen molar-refractivity contribution in [1.82, 2.24) is 4.98 Å². The van der Waals surface area contributed by atoms with E-state index in [0.29, 0.717) is 22.9 Å². The minimum absolute atomic E-state index is 0.122. The van der Waals surface area contributed by atoms with Gasteiger partial charge in [-0.15, -0.1) is 11.3 Å². The molecule has 1 aromatic heterocycles. The van der Waals surface area contributed by atoms with Crippen LogP contribution in [0.3, 0.4) is 0 Å². The first kappa shape index (κ1) is 20.1. The van der Waals surface area contributed by atoms with Gasteiger partial charge in [0, 0.05) is 17.1 Å². The number of hydrogen-bond acceptors (Lipinski definition) is 6. The Bertz CT molecular complexity index is 1020. The van der Waals surface area contributed by atoms with Gasteiger partial charge in [-0.05, 0) is 36.4 Å². The molecule has 0 radical (unpaired) electrons. The number of nitrogens with one attached hydrogen (secondary N) is 3. The Kier molecular flexibility index (Phi) is 6.25. The highest BCUT2D eigenvalue weighted by Crippen LogP contribution is 2.29. The fourth-order valence-electron chi connectivity index (χ4n) is 2.33. The lowest BCUT2D eigenvalue weighted by Gasteiger charge is -2.10. The van der Waals surface area contributed by atoms with Crippen LogP contribution in [0.5, 0.6) is 11.5 Å². The molecule has 150 valence electrons. The number of hydrogen-bond donors (Lipinski definition) is 3. The topological polar surface area (TPSA) is 102 Å². The predicted molar refractivity (Wildman–Crippen MR) is 109 cm³/mol. The van der Waals surface area contributed by atoms with Crippen LogP contribution in [0.1, 0.15) is 10.5 Å². The van der Waals surface area contributed by atoms with Crippen LogP contribution in [0, 0.1) is 5.82 Å². The van der Waals surface area contributed by atoms with Crippen molar-refractivity contribution in [3.05, 3.63) is 59.4 Å². The van der Waals surface area contributed by atoms with Crippen molar-refractivity contribution in [3.8, 4) is 11.5 Å². The second-order valence-electron chi connectivity index (χ2n) is 5.64. The number of anilines is 3. The fraction of sp³-hybridized carbons (Fsp3) is 0.105. The number of amides is 3. The Morgan fingerprint density at radius 1 is 1.00 bits per heavy atom. The first-order valence-corrected chi connectivity index (χ1v) is 9.19. The third-order valence-corrected chi connectivity index (χ3v) is 4.47. The molecule has 3 aromatic rings. The molecule has 3 N–H and O–H groups in total. The summed E-state index contributed by atoms with van der Waals surface area (Å²) in [6, 6.07) is 9.75. The first-order valence-electron chi connectivity index (χ1n) is 8.31. The molecule has 0 atom stereocenters. The zero-order valence-electron chi connectivity index (χ0n) is 15.5. The first-order chi connectivity index (χ1) is 14.0. The summed E-state index contributed by atoms with van der Waals surface area (Å²) in [7, 11) is 3.00. The minimum Gasteiger partial charge on any atom is -0.497 e. The van der Waals surface area contributed by atoms with Crippen molar-refractivity contribution in [2.45, 2.75) is 0 Å². The normalized spacial score (nSPS) is 10.2. The van der Waals surface area contributed by atoms with Crippen LogP contribution >= 0.6 is 11.3 Å². The molecule has 1 heterocycles. The molecule has 3 amide bonds. The van der Waals surface area contributed by atoms with Gasteiger partial charge in [0.25, 0.3) is 5.91 Å². The number of carbonyl (C=O) groups is 2.